The number of halogens is 1. The fraction of sp³-hybridized carbons (Fsp3) is 0.417. The van der Waals surface area contributed by atoms with E-state index in [1.807, 2.05) is 0 Å². The van der Waals surface area contributed by atoms with Crippen LogP contribution < -0.4 is 9.47 Å². The molecule has 5 nitrogen and oxygen atoms in total. The van der Waals surface area contributed by atoms with Crippen LogP contribution in [0.1, 0.15) is 17.2 Å². The van der Waals surface area contributed by atoms with Gasteiger partial charge in [0.2, 0.25) is 0 Å². The minimum absolute atomic E-state index is 0.243. The van der Waals surface area contributed by atoms with Crippen LogP contribution in [0.15, 0.2) is 6.07 Å². The molecule has 0 aliphatic heterocycles. The van der Waals surface area contributed by atoms with E-state index >= 15 is 0 Å². The number of hydrogen-bond donors (Lipinski definition) is 1. The van der Waals surface area contributed by atoms with E-state index in [1.165, 1.54) is 27.4 Å². The summed E-state index contributed by atoms with van der Waals surface area (Å²) in [5, 5.41) is 10.1. The van der Waals surface area contributed by atoms with Gasteiger partial charge >= 0.3 is 5.97 Å². The molecule has 6 heteroatoms. The fourth-order valence-electron chi connectivity index (χ4n) is 1.73. The van der Waals surface area contributed by atoms with E-state index in [0.717, 1.165) is 0 Å². The van der Waals surface area contributed by atoms with Gasteiger partial charge in [0.15, 0.2) is 6.10 Å². The van der Waals surface area contributed by atoms with Crippen molar-refractivity contribution in [2.24, 2.45) is 0 Å². The third-order valence-corrected chi connectivity index (χ3v) is 2.85. The minimum atomic E-state index is -1.45. The molecule has 0 aliphatic rings. The standard InChI is InChI=1S/C12H15ClO5/c1-6-10(16-2)7(9(14)12(15)18-4)5-8(13)11(6)17-3/h5,9,14H,1-4H3. The maximum Gasteiger partial charge on any atom is 0.339 e. The molecule has 1 N–H and O–H groups in total. The SMILES string of the molecule is COC(=O)C(O)c1cc(Cl)c(OC)c(C)c1OC. The predicted molar refractivity (Wildman–Crippen MR) is 66.3 cm³/mol. The lowest BCUT2D eigenvalue weighted by atomic mass is 10.0. The summed E-state index contributed by atoms with van der Waals surface area (Å²) in [6, 6.07) is 1.42. The van der Waals surface area contributed by atoms with Gasteiger partial charge in [0.1, 0.15) is 11.5 Å². The highest BCUT2D eigenvalue weighted by Crippen LogP contribution is 2.40. The van der Waals surface area contributed by atoms with Gasteiger partial charge in [-0.05, 0) is 13.0 Å². The van der Waals surface area contributed by atoms with Crippen molar-refractivity contribution in [3.8, 4) is 11.5 Å². The molecule has 0 radical (unpaired) electrons. The van der Waals surface area contributed by atoms with E-state index in [1.54, 1.807) is 6.92 Å². The molecule has 0 fully saturated rings. The molecule has 0 amide bonds. The maximum absolute atomic E-state index is 11.4. The van der Waals surface area contributed by atoms with Gasteiger partial charge in [-0.1, -0.05) is 11.6 Å². The second-order valence-corrected chi connectivity index (χ2v) is 3.97. The average Bonchev–Trinajstić information content (AvgIpc) is 2.36. The number of aliphatic hydroxyl groups excluding tert-OH is 1. The number of hydrogen-bond acceptors (Lipinski definition) is 5. The summed E-state index contributed by atoms with van der Waals surface area (Å²) >= 11 is 6.01. The lowest BCUT2D eigenvalue weighted by Gasteiger charge is -2.18. The van der Waals surface area contributed by atoms with Gasteiger partial charge in [0.05, 0.1) is 26.4 Å². The van der Waals surface area contributed by atoms with Crippen molar-refractivity contribution in [3.05, 3.63) is 22.2 Å². The number of benzene rings is 1. The Kier molecular flexibility index (Phi) is 4.81. The highest BCUT2D eigenvalue weighted by molar-refractivity contribution is 6.32. The Balaban J connectivity index is 3.41. The Labute approximate surface area is 110 Å². The Morgan fingerprint density at radius 1 is 1.28 bits per heavy atom. The molecule has 0 heterocycles. The van der Waals surface area contributed by atoms with Gasteiger partial charge in [-0.15, -0.1) is 0 Å². The van der Waals surface area contributed by atoms with Crippen LogP contribution >= 0.6 is 11.6 Å². The van der Waals surface area contributed by atoms with Crippen molar-refractivity contribution in [1.82, 2.24) is 0 Å². The van der Waals surface area contributed by atoms with Crippen molar-refractivity contribution in [1.29, 1.82) is 0 Å². The van der Waals surface area contributed by atoms with Crippen LogP contribution in [0.2, 0.25) is 5.02 Å². The lowest BCUT2D eigenvalue weighted by Crippen LogP contribution is -2.15. The first-order valence-electron chi connectivity index (χ1n) is 5.14. The number of ether oxygens (including phenoxy) is 3. The second kappa shape index (κ2) is 5.93. The first kappa shape index (κ1) is 14.6. The number of rotatable bonds is 4. The smallest absolute Gasteiger partial charge is 0.339 e. The number of carbonyl (C=O) groups excluding carboxylic acids is 1. The van der Waals surface area contributed by atoms with Crippen molar-refractivity contribution in [3.63, 3.8) is 0 Å². The molecule has 1 atom stereocenters. The van der Waals surface area contributed by atoms with Crippen LogP contribution in [0, 0.1) is 6.92 Å². The van der Waals surface area contributed by atoms with Gasteiger partial charge in [-0.25, -0.2) is 4.79 Å². The summed E-state index contributed by atoms with van der Waals surface area (Å²) in [6.07, 6.45) is -1.45. The molecule has 0 aliphatic carbocycles. The quantitative estimate of drug-likeness (QED) is 0.849. The molecule has 0 aromatic heterocycles. The van der Waals surface area contributed by atoms with E-state index in [0.29, 0.717) is 17.1 Å². The van der Waals surface area contributed by atoms with E-state index in [9.17, 15) is 9.90 Å². The zero-order valence-corrected chi connectivity index (χ0v) is 11.4. The van der Waals surface area contributed by atoms with Crippen LogP contribution in [0.5, 0.6) is 11.5 Å². The third kappa shape index (κ3) is 2.52. The summed E-state index contributed by atoms with van der Waals surface area (Å²) in [7, 11) is 4.10. The number of methoxy groups -OCH3 is 3. The molecule has 1 rings (SSSR count). The molecular formula is C12H15ClO5. The largest absolute Gasteiger partial charge is 0.496 e. The topological polar surface area (TPSA) is 65.0 Å². The molecule has 0 spiro atoms. The summed E-state index contributed by atoms with van der Waals surface area (Å²) in [5.41, 5.74) is 0.845. The number of carbonyl (C=O) groups is 1. The van der Waals surface area contributed by atoms with Crippen molar-refractivity contribution in [2.75, 3.05) is 21.3 Å². The average molecular weight is 275 g/mol. The molecular weight excluding hydrogens is 260 g/mol. The zero-order chi connectivity index (χ0) is 13.9. The number of aliphatic hydroxyl groups is 1. The highest BCUT2D eigenvalue weighted by Gasteiger charge is 2.26. The van der Waals surface area contributed by atoms with Crippen molar-refractivity contribution in [2.45, 2.75) is 13.0 Å². The highest BCUT2D eigenvalue weighted by atomic mass is 35.5. The molecule has 1 aromatic rings. The first-order valence-corrected chi connectivity index (χ1v) is 5.52. The molecule has 0 bridgehead atoms. The number of esters is 1. The second-order valence-electron chi connectivity index (χ2n) is 3.56. The summed E-state index contributed by atoms with van der Waals surface area (Å²) in [6.45, 7) is 1.72. The predicted octanol–water partition coefficient (Wildman–Crippen LogP) is 1.87. The Hall–Kier alpha value is -1.46. The normalized spacial score (nSPS) is 11.9. The van der Waals surface area contributed by atoms with Gasteiger partial charge in [-0.3, -0.25) is 0 Å². The van der Waals surface area contributed by atoms with Gasteiger partial charge in [-0.2, -0.15) is 0 Å². The molecule has 18 heavy (non-hydrogen) atoms. The first-order chi connectivity index (χ1) is 8.47. The minimum Gasteiger partial charge on any atom is -0.496 e. The van der Waals surface area contributed by atoms with Crippen LogP contribution in [-0.2, 0) is 9.53 Å². The van der Waals surface area contributed by atoms with E-state index in [-0.39, 0.29) is 10.6 Å². The summed E-state index contributed by atoms with van der Waals surface area (Å²) in [5.74, 6) is -0.00239. The fourth-order valence-corrected chi connectivity index (χ4v) is 2.07. The van der Waals surface area contributed by atoms with Crippen LogP contribution in [0.25, 0.3) is 0 Å². The Bertz CT molecular complexity index is 458. The van der Waals surface area contributed by atoms with Crippen LogP contribution in [0.4, 0.5) is 0 Å². The van der Waals surface area contributed by atoms with Gasteiger partial charge in [0, 0.05) is 11.1 Å². The Morgan fingerprint density at radius 2 is 1.83 bits per heavy atom. The van der Waals surface area contributed by atoms with Crippen LogP contribution in [-0.4, -0.2) is 32.4 Å². The third-order valence-electron chi connectivity index (χ3n) is 2.57. The van der Waals surface area contributed by atoms with Gasteiger partial charge in [0.25, 0.3) is 0 Å². The van der Waals surface area contributed by atoms with E-state index in [2.05, 4.69) is 4.74 Å². The zero-order valence-electron chi connectivity index (χ0n) is 10.6. The lowest BCUT2D eigenvalue weighted by molar-refractivity contribution is -0.150. The van der Waals surface area contributed by atoms with Gasteiger partial charge < -0.3 is 19.3 Å². The Morgan fingerprint density at radius 3 is 2.28 bits per heavy atom. The summed E-state index contributed by atoms with van der Waals surface area (Å²) in [4.78, 5) is 11.4. The van der Waals surface area contributed by atoms with Crippen molar-refractivity contribution >= 4 is 17.6 Å². The van der Waals surface area contributed by atoms with E-state index < -0.39 is 12.1 Å². The van der Waals surface area contributed by atoms with E-state index in [4.69, 9.17) is 21.1 Å². The maximum atomic E-state index is 11.4. The molecule has 1 aromatic carbocycles. The van der Waals surface area contributed by atoms with Crippen molar-refractivity contribution < 1.29 is 24.1 Å². The molecule has 0 saturated carbocycles. The molecule has 100 valence electrons. The molecule has 0 saturated heterocycles. The molecule has 1 unspecified atom stereocenters. The van der Waals surface area contributed by atoms with Crippen LogP contribution in [0.3, 0.4) is 0 Å². The monoisotopic (exact) mass is 274 g/mol. The summed E-state index contributed by atoms with van der Waals surface area (Å²) < 4.78 is 14.8.